The van der Waals surface area contributed by atoms with E-state index >= 15 is 22.0 Å². The average Bonchev–Trinajstić information content (AvgIpc) is 1.09. The number of hydrogen-bond donors (Lipinski definition) is 6. The number of esters is 3. The molecule has 0 bridgehead atoms. The first-order chi connectivity index (χ1) is 55.4. The number of aliphatic carboxylic acids is 3. The van der Waals surface area contributed by atoms with Crippen molar-refractivity contribution in [2.75, 3.05) is 118 Å². The predicted molar refractivity (Wildman–Crippen MR) is 418 cm³/mol. The second kappa shape index (κ2) is 41.7. The number of piperidine rings is 3. The van der Waals surface area contributed by atoms with Gasteiger partial charge in [0.25, 0.3) is 11.8 Å². The van der Waals surface area contributed by atoms with Crippen LogP contribution in [-0.2, 0) is 57.2 Å². The van der Waals surface area contributed by atoms with Gasteiger partial charge >= 0.3 is 35.8 Å². The van der Waals surface area contributed by atoms with Crippen molar-refractivity contribution in [1.82, 2.24) is 45.6 Å². The van der Waals surface area contributed by atoms with Crippen molar-refractivity contribution in [2.45, 2.75) is 76.2 Å². The van der Waals surface area contributed by atoms with Gasteiger partial charge in [-0.05, 0) is 107 Å². The Morgan fingerprint density at radius 1 is 0.517 bits per heavy atom. The molecular weight excluding hydrogens is 1750 g/mol. The number of carboxylic acid groups (broad SMARTS) is 3. The summed E-state index contributed by atoms with van der Waals surface area (Å²) >= 11 is 17.1. The van der Waals surface area contributed by atoms with Crippen molar-refractivity contribution < 1.29 is 108 Å². The Morgan fingerprint density at radius 2 is 0.862 bits per heavy atom. The fourth-order valence-electron chi connectivity index (χ4n) is 13.4. The molecule has 27 nitrogen and oxygen atoms in total. The number of halogens is 11. The lowest BCUT2D eigenvalue weighted by Crippen LogP contribution is -2.51. The zero-order chi connectivity index (χ0) is 83.5. The smallest absolute Gasteiger partial charge is 0.338 e. The Labute approximate surface area is 693 Å². The van der Waals surface area contributed by atoms with Gasteiger partial charge in [0.15, 0.2) is 32.5 Å². The highest BCUT2D eigenvalue weighted by Gasteiger charge is 2.48. The van der Waals surface area contributed by atoms with Crippen LogP contribution in [0.25, 0.3) is 0 Å². The van der Waals surface area contributed by atoms with Crippen molar-refractivity contribution in [2.24, 2.45) is 32.7 Å². The minimum Gasteiger partial charge on any atom is -0.480 e. The van der Waals surface area contributed by atoms with Crippen LogP contribution >= 0.6 is 77.5 Å². The Kier molecular flexibility index (Phi) is 32.3. The van der Waals surface area contributed by atoms with Crippen LogP contribution in [0.5, 0.6) is 0 Å². The molecule has 0 saturated carbocycles. The SMILES string of the molecule is CCOC(=O)C1=C(CN2CCC(COCC(=O)O)C(F)(F)C2)NC(c2nccs2)=NC1c1ccc(F)cc1Br.CCOC(=O)C1=C(CN2CCC(COCC(=O)O)C(F)(F)C2)NC(c2nccs2)=NC1c1ccc(F)cc1Cl.CCOC(=O)C1=C(CN2CCC(COCC(=O)O)C(F)C2)NC(c2nccs2)=NC1c1ccc(F)cc1Br. The number of rotatable bonds is 30. The van der Waals surface area contributed by atoms with E-state index in [9.17, 15) is 41.9 Å². The molecule has 6 aliphatic heterocycles. The van der Waals surface area contributed by atoms with E-state index in [1.54, 1.807) is 61.6 Å². The van der Waals surface area contributed by atoms with E-state index in [2.05, 4.69) is 67.8 Å². The second-order valence-electron chi connectivity index (χ2n) is 26.8. The maximum Gasteiger partial charge on any atom is 0.338 e. The van der Waals surface area contributed by atoms with Crippen LogP contribution in [0.3, 0.4) is 0 Å². The molecule has 0 spiro atoms. The molecule has 3 aromatic heterocycles. The van der Waals surface area contributed by atoms with Crippen molar-refractivity contribution in [1.29, 1.82) is 0 Å². The van der Waals surface area contributed by atoms with Crippen LogP contribution in [0.15, 0.2) is 147 Å². The van der Waals surface area contributed by atoms with E-state index in [1.165, 1.54) is 86.3 Å². The molecule has 7 atom stereocenters. The maximum absolute atomic E-state index is 15.0. The van der Waals surface area contributed by atoms with Crippen molar-refractivity contribution in [3.05, 3.63) is 186 Å². The zero-order valence-corrected chi connectivity index (χ0v) is 68.6. The highest BCUT2D eigenvalue weighted by atomic mass is 79.9. The molecule has 9 heterocycles. The third-order valence-corrected chi connectivity index (χ3v) is 22.8. The Morgan fingerprint density at radius 3 is 1.19 bits per heavy atom. The first-order valence-corrected chi connectivity index (χ1v) is 40.8. The van der Waals surface area contributed by atoms with Gasteiger partial charge in [-0.25, -0.2) is 78.8 Å². The molecule has 116 heavy (non-hydrogen) atoms. The Balaban J connectivity index is 0.000000184. The molecular formula is C75H79Br2ClF8N12O15S3. The third-order valence-electron chi connectivity index (χ3n) is 18.7. The van der Waals surface area contributed by atoms with E-state index in [1.807, 2.05) is 4.90 Å². The van der Waals surface area contributed by atoms with Gasteiger partial charge in [-0.2, -0.15) is 0 Å². The van der Waals surface area contributed by atoms with Gasteiger partial charge in [-0.1, -0.05) is 61.7 Å². The van der Waals surface area contributed by atoms with E-state index in [4.69, 9.17) is 65.3 Å². The third kappa shape index (κ3) is 23.9. The average molecular weight is 1830 g/mol. The van der Waals surface area contributed by atoms with Gasteiger partial charge in [-0.15, -0.1) is 34.0 Å². The lowest BCUT2D eigenvalue weighted by atomic mass is 9.92. The summed E-state index contributed by atoms with van der Waals surface area (Å²) < 4.78 is 149. The largest absolute Gasteiger partial charge is 0.480 e. The molecule has 12 rings (SSSR count). The number of ether oxygens (including phenoxy) is 6. The summed E-state index contributed by atoms with van der Waals surface area (Å²) in [7, 11) is 0. The summed E-state index contributed by atoms with van der Waals surface area (Å²) in [6.07, 6.45) is 4.15. The molecule has 0 radical (unpaired) electrons. The molecule has 3 saturated heterocycles. The number of nitrogens with zero attached hydrogens (tertiary/aromatic N) is 9. The topological polar surface area (TPSA) is 340 Å². The van der Waals surface area contributed by atoms with Gasteiger partial charge in [-0.3, -0.25) is 29.7 Å². The number of carbonyl (C=O) groups is 6. The van der Waals surface area contributed by atoms with Crippen LogP contribution in [0, 0.1) is 35.2 Å². The number of carboxylic acids is 3. The number of thiazole rings is 3. The number of likely N-dealkylation sites (tertiary alicyclic amines) is 3. The zero-order valence-electron chi connectivity index (χ0n) is 62.2. The van der Waals surface area contributed by atoms with Gasteiger partial charge < -0.3 is 59.7 Å². The van der Waals surface area contributed by atoms with Crippen LogP contribution in [-0.4, -0.2) is 235 Å². The normalized spacial score (nSPS) is 21.6. The molecule has 624 valence electrons. The predicted octanol–water partition coefficient (Wildman–Crippen LogP) is 11.6. The van der Waals surface area contributed by atoms with Gasteiger partial charge in [0.2, 0.25) is 0 Å². The lowest BCUT2D eigenvalue weighted by Gasteiger charge is -2.39. The van der Waals surface area contributed by atoms with Crippen LogP contribution in [0.4, 0.5) is 35.1 Å². The number of alkyl halides is 5. The molecule has 6 aromatic rings. The fourth-order valence-corrected chi connectivity index (χ4v) is 16.6. The highest BCUT2D eigenvalue weighted by Crippen LogP contribution is 2.43. The van der Waals surface area contributed by atoms with E-state index in [-0.39, 0.29) is 119 Å². The quantitative estimate of drug-likeness (QED) is 0.0139. The van der Waals surface area contributed by atoms with E-state index < -0.39 is 140 Å². The Hall–Kier alpha value is -8.55. The number of aliphatic imine (C=N–C) groups is 3. The minimum atomic E-state index is -3.16. The summed E-state index contributed by atoms with van der Waals surface area (Å²) in [5, 5.41) is 42.6. The molecule has 3 fully saturated rings. The van der Waals surface area contributed by atoms with E-state index in [0.717, 1.165) is 6.07 Å². The fraction of sp³-hybridized carbons (Fsp3) is 0.440. The summed E-state index contributed by atoms with van der Waals surface area (Å²) in [4.78, 5) is 104. The number of amidine groups is 3. The monoisotopic (exact) mass is 1830 g/mol. The minimum absolute atomic E-state index is 0.0256. The Bertz CT molecular complexity index is 4500. The van der Waals surface area contributed by atoms with Crippen molar-refractivity contribution >= 4 is 131 Å². The summed E-state index contributed by atoms with van der Waals surface area (Å²) in [6.45, 7) is 2.69. The molecule has 6 N–H and O–H groups in total. The van der Waals surface area contributed by atoms with Crippen molar-refractivity contribution in [3.63, 3.8) is 0 Å². The summed E-state index contributed by atoms with van der Waals surface area (Å²) in [5.74, 6) is -14.9. The summed E-state index contributed by atoms with van der Waals surface area (Å²) in [5.41, 5.74) is 2.96. The van der Waals surface area contributed by atoms with Gasteiger partial charge in [0, 0.05) is 115 Å². The van der Waals surface area contributed by atoms with Gasteiger partial charge in [0.1, 0.15) is 61.6 Å². The number of benzene rings is 3. The lowest BCUT2D eigenvalue weighted by molar-refractivity contribution is -0.151. The number of aromatic nitrogens is 3. The first-order valence-electron chi connectivity index (χ1n) is 36.2. The first kappa shape index (κ1) is 89.8. The highest BCUT2D eigenvalue weighted by molar-refractivity contribution is 9.10. The van der Waals surface area contributed by atoms with Crippen LogP contribution in [0.2, 0.25) is 5.02 Å². The molecule has 3 aromatic carbocycles. The van der Waals surface area contributed by atoms with Gasteiger partial charge in [0.05, 0.1) is 69.5 Å². The molecule has 0 aliphatic carbocycles. The molecule has 41 heteroatoms. The van der Waals surface area contributed by atoms with Crippen LogP contribution < -0.4 is 16.0 Å². The maximum atomic E-state index is 15.0. The number of hydrogen-bond acceptors (Lipinski definition) is 27. The number of nitrogens with one attached hydrogen (secondary N) is 3. The van der Waals surface area contributed by atoms with Crippen LogP contribution in [0.1, 0.15) is 89.9 Å². The molecule has 0 amide bonds. The molecule has 7 unspecified atom stereocenters. The van der Waals surface area contributed by atoms with E-state index in [0.29, 0.717) is 82.5 Å². The summed E-state index contributed by atoms with van der Waals surface area (Å²) in [6, 6.07) is 9.17. The second-order valence-corrected chi connectivity index (χ2v) is 31.6. The number of carbonyl (C=O) groups excluding carboxylic acids is 3. The standard InChI is InChI=1S/C25H26BrF3N4O5S.C25H27BrF2N4O5S.C25H26ClF3N4O5S/c1-2-38-24(36)20-18(10-33-7-5-14(25(28,29)13-33)11-37-12-19(34)35)31-22(23-30-6-8-39-23)32-21(20)16-4-3-15(27)9-17(16)26;1-2-37-25(35)21-19(11-32-7-5-14(18(28)10-32)12-36-13-20(33)34)30-23(24-29-6-8-38-24)31-22(21)16-4-3-15(27)9-17(16)26;1-2-38-24(36)20-18(10-33-7-5-14(25(28,29)13-33)11-37-12-19(34)35)31-22(23-30-6-8-39-23)32-21(20)16-4-3-15(27)9-17(16)26/h3-4,6,8-9,14,21H,2,5,7,10-13H2,1H3,(H,31,32)(H,34,35);3-4,6,8-9,14,18,22H,2,5,7,10-13H2,1H3,(H,30,31)(H,33,34);3-4,6,8-9,14,21H,2,5,7,10-13H2,1H3,(H,31,32)(H,34,35). The van der Waals surface area contributed by atoms with Crippen molar-refractivity contribution in [3.8, 4) is 0 Å². The molecule has 6 aliphatic rings.